The van der Waals surface area contributed by atoms with Crippen LogP contribution >= 0.6 is 0 Å². The fourth-order valence-corrected chi connectivity index (χ4v) is 3.33. The summed E-state index contributed by atoms with van der Waals surface area (Å²) >= 11 is 0. The molecule has 0 saturated heterocycles. The van der Waals surface area contributed by atoms with Crippen LogP contribution in [0.25, 0.3) is 0 Å². The van der Waals surface area contributed by atoms with Crippen LogP contribution in [-0.2, 0) is 6.54 Å². The highest BCUT2D eigenvalue weighted by atomic mass is 16.6. The second kappa shape index (κ2) is 5.92. The van der Waals surface area contributed by atoms with Crippen LogP contribution in [0.1, 0.15) is 45.6 Å². The molecule has 0 amide bonds. The highest BCUT2D eigenvalue weighted by Gasteiger charge is 2.32. The van der Waals surface area contributed by atoms with E-state index in [1.165, 1.54) is 12.8 Å². The molecule has 2 unspecified atom stereocenters. The maximum Gasteiger partial charge on any atom is 0.273 e. The van der Waals surface area contributed by atoms with Crippen LogP contribution in [0.2, 0.25) is 0 Å². The molecule has 110 valence electrons. The summed E-state index contributed by atoms with van der Waals surface area (Å²) in [6.07, 6.45) is 3.57. The summed E-state index contributed by atoms with van der Waals surface area (Å²) in [7, 11) is 0. The van der Waals surface area contributed by atoms with Crippen molar-refractivity contribution in [3.05, 3.63) is 39.9 Å². The molecule has 1 fully saturated rings. The average Bonchev–Trinajstić information content (AvgIpc) is 2.37. The molecule has 2 atom stereocenters. The van der Waals surface area contributed by atoms with Crippen molar-refractivity contribution in [1.29, 1.82) is 0 Å². The van der Waals surface area contributed by atoms with Gasteiger partial charge < -0.3 is 5.32 Å². The number of rotatable bonds is 4. The van der Waals surface area contributed by atoms with Crippen LogP contribution in [-0.4, -0.2) is 11.0 Å². The average molecular weight is 276 g/mol. The molecule has 1 N–H and O–H groups in total. The van der Waals surface area contributed by atoms with Crippen molar-refractivity contribution in [1.82, 2.24) is 5.32 Å². The van der Waals surface area contributed by atoms with E-state index in [2.05, 4.69) is 26.1 Å². The third-order valence-electron chi connectivity index (χ3n) is 4.44. The minimum Gasteiger partial charge on any atom is -0.309 e. The first kappa shape index (κ1) is 15.0. The number of hydrogen-bond donors (Lipinski definition) is 1. The zero-order valence-electron chi connectivity index (χ0n) is 12.6. The number of nitro groups is 1. The fraction of sp³-hybridized carbons (Fsp3) is 0.625. The van der Waals surface area contributed by atoms with Gasteiger partial charge in [-0.05, 0) is 30.6 Å². The molecular formula is C16H24N2O2. The van der Waals surface area contributed by atoms with Gasteiger partial charge in [-0.25, -0.2) is 0 Å². The topological polar surface area (TPSA) is 55.2 Å². The summed E-state index contributed by atoms with van der Waals surface area (Å²) in [5.74, 6) is 0.613. The number of nitrogens with zero attached hydrogens (tertiary/aromatic N) is 1. The molecule has 1 aliphatic rings. The molecule has 1 aromatic carbocycles. The normalized spacial score (nSPS) is 25.4. The van der Waals surface area contributed by atoms with Gasteiger partial charge in [0.05, 0.1) is 4.92 Å². The summed E-state index contributed by atoms with van der Waals surface area (Å²) < 4.78 is 0. The van der Waals surface area contributed by atoms with Gasteiger partial charge in [0, 0.05) is 24.2 Å². The first-order valence-corrected chi connectivity index (χ1v) is 7.35. The number of hydrogen-bond acceptors (Lipinski definition) is 3. The Morgan fingerprint density at radius 1 is 1.40 bits per heavy atom. The van der Waals surface area contributed by atoms with Gasteiger partial charge in [-0.15, -0.1) is 0 Å². The maximum absolute atomic E-state index is 11.0. The van der Waals surface area contributed by atoms with Crippen molar-refractivity contribution >= 4 is 5.69 Å². The van der Waals surface area contributed by atoms with Gasteiger partial charge in [0.25, 0.3) is 5.69 Å². The number of nitro benzene ring substituents is 1. The van der Waals surface area contributed by atoms with Gasteiger partial charge in [-0.1, -0.05) is 39.0 Å². The van der Waals surface area contributed by atoms with E-state index in [1.54, 1.807) is 12.1 Å². The summed E-state index contributed by atoms with van der Waals surface area (Å²) in [4.78, 5) is 10.7. The first-order chi connectivity index (χ1) is 9.39. The Kier molecular flexibility index (Phi) is 4.43. The number of nitrogens with one attached hydrogen (secondary N) is 1. The molecule has 1 aromatic rings. The summed E-state index contributed by atoms with van der Waals surface area (Å²) in [6.45, 7) is 7.49. The van der Waals surface area contributed by atoms with E-state index in [0.29, 0.717) is 23.9 Å². The predicted molar refractivity (Wildman–Crippen MR) is 80.5 cm³/mol. The van der Waals surface area contributed by atoms with Gasteiger partial charge in [-0.2, -0.15) is 0 Å². The molecule has 4 heteroatoms. The van der Waals surface area contributed by atoms with Crippen molar-refractivity contribution in [3.63, 3.8) is 0 Å². The van der Waals surface area contributed by atoms with Gasteiger partial charge in [0.1, 0.15) is 0 Å². The molecule has 4 nitrogen and oxygen atoms in total. The van der Waals surface area contributed by atoms with Gasteiger partial charge >= 0.3 is 0 Å². The van der Waals surface area contributed by atoms with Gasteiger partial charge in [-0.3, -0.25) is 10.1 Å². The van der Waals surface area contributed by atoms with E-state index in [9.17, 15) is 10.1 Å². The minimum atomic E-state index is -0.301. The lowest BCUT2D eigenvalue weighted by Gasteiger charge is -2.39. The lowest BCUT2D eigenvalue weighted by molar-refractivity contribution is -0.385. The Morgan fingerprint density at radius 2 is 2.10 bits per heavy atom. The van der Waals surface area contributed by atoms with E-state index < -0.39 is 0 Å². The molecule has 0 heterocycles. The van der Waals surface area contributed by atoms with Crippen LogP contribution in [0.3, 0.4) is 0 Å². The molecule has 0 aromatic heterocycles. The van der Waals surface area contributed by atoms with Gasteiger partial charge in [0.2, 0.25) is 0 Å². The van der Waals surface area contributed by atoms with E-state index >= 15 is 0 Å². The van der Waals surface area contributed by atoms with Crippen LogP contribution in [0.15, 0.2) is 24.3 Å². The molecule has 1 aliphatic carbocycles. The molecule has 0 radical (unpaired) electrons. The monoisotopic (exact) mass is 276 g/mol. The Balaban J connectivity index is 1.98. The number of para-hydroxylation sites is 1. The zero-order valence-corrected chi connectivity index (χ0v) is 12.6. The molecule has 2 rings (SSSR count). The number of benzene rings is 1. The Morgan fingerprint density at radius 3 is 2.75 bits per heavy atom. The quantitative estimate of drug-likeness (QED) is 0.670. The second-order valence-corrected chi connectivity index (χ2v) is 6.76. The van der Waals surface area contributed by atoms with E-state index in [4.69, 9.17) is 0 Å². The summed E-state index contributed by atoms with van der Waals surface area (Å²) in [5, 5.41) is 14.5. The maximum atomic E-state index is 11.0. The third-order valence-corrected chi connectivity index (χ3v) is 4.44. The van der Waals surface area contributed by atoms with Crippen molar-refractivity contribution in [3.8, 4) is 0 Å². The van der Waals surface area contributed by atoms with Crippen LogP contribution in [0, 0.1) is 21.4 Å². The third kappa shape index (κ3) is 3.57. The lowest BCUT2D eigenvalue weighted by atomic mass is 9.70. The highest BCUT2D eigenvalue weighted by Crippen LogP contribution is 2.38. The molecule has 0 spiro atoms. The Labute approximate surface area is 120 Å². The molecule has 0 bridgehead atoms. The lowest BCUT2D eigenvalue weighted by Crippen LogP contribution is -2.41. The largest absolute Gasteiger partial charge is 0.309 e. The fourth-order valence-electron chi connectivity index (χ4n) is 3.33. The van der Waals surface area contributed by atoms with Gasteiger partial charge in [0.15, 0.2) is 0 Å². The van der Waals surface area contributed by atoms with Crippen molar-refractivity contribution < 1.29 is 4.92 Å². The second-order valence-electron chi connectivity index (χ2n) is 6.76. The Hall–Kier alpha value is -1.42. The van der Waals surface area contributed by atoms with Crippen LogP contribution < -0.4 is 5.32 Å². The highest BCUT2D eigenvalue weighted by molar-refractivity contribution is 5.39. The summed E-state index contributed by atoms with van der Waals surface area (Å²) in [5.41, 5.74) is 1.41. The van der Waals surface area contributed by atoms with Crippen molar-refractivity contribution in [2.24, 2.45) is 11.3 Å². The standard InChI is InChI=1S/C16H24N2O2/c1-12-10-16(2,3)9-8-14(12)17-11-13-6-4-5-7-15(13)18(19)20/h4-7,12,14,17H,8-11H2,1-3H3. The minimum absolute atomic E-state index is 0.212. The van der Waals surface area contributed by atoms with E-state index in [-0.39, 0.29) is 10.6 Å². The van der Waals surface area contributed by atoms with Crippen molar-refractivity contribution in [2.45, 2.75) is 52.6 Å². The Bertz CT molecular complexity index is 485. The first-order valence-electron chi connectivity index (χ1n) is 7.35. The van der Waals surface area contributed by atoms with E-state index in [0.717, 1.165) is 12.0 Å². The van der Waals surface area contributed by atoms with Crippen molar-refractivity contribution in [2.75, 3.05) is 0 Å². The van der Waals surface area contributed by atoms with Crippen LogP contribution in [0.5, 0.6) is 0 Å². The zero-order chi connectivity index (χ0) is 14.8. The van der Waals surface area contributed by atoms with Crippen LogP contribution in [0.4, 0.5) is 5.69 Å². The molecule has 1 saturated carbocycles. The molecular weight excluding hydrogens is 252 g/mol. The predicted octanol–water partition coefficient (Wildman–Crippen LogP) is 3.90. The summed E-state index contributed by atoms with van der Waals surface area (Å²) in [6, 6.07) is 7.44. The SMILES string of the molecule is CC1CC(C)(C)CCC1NCc1ccccc1[N+](=O)[O-]. The smallest absolute Gasteiger partial charge is 0.273 e. The molecule has 0 aliphatic heterocycles. The van der Waals surface area contributed by atoms with E-state index in [1.807, 2.05) is 12.1 Å². The molecule has 20 heavy (non-hydrogen) atoms.